The highest BCUT2D eigenvalue weighted by molar-refractivity contribution is 5.92. The van der Waals surface area contributed by atoms with Crippen LogP contribution >= 0.6 is 0 Å². The Bertz CT molecular complexity index is 1120. The van der Waals surface area contributed by atoms with Crippen LogP contribution in [-0.4, -0.2) is 26.8 Å². The molecule has 1 heterocycles. The van der Waals surface area contributed by atoms with Gasteiger partial charge in [-0.3, -0.25) is 19.5 Å². The number of aliphatic carboxylic acids is 1. The third-order valence-electron chi connectivity index (χ3n) is 4.28. The molecule has 0 aliphatic rings. The van der Waals surface area contributed by atoms with Crippen LogP contribution in [0, 0.1) is 18.6 Å². The third-order valence-corrected chi connectivity index (χ3v) is 4.28. The molecule has 1 aromatic heterocycles. The summed E-state index contributed by atoms with van der Waals surface area (Å²) in [6.07, 6.45) is -0.369. The molecular weight excluding hydrogens is 384 g/mol. The Morgan fingerprint density at radius 2 is 1.83 bits per heavy atom. The van der Waals surface area contributed by atoms with E-state index in [2.05, 4.69) is 10.4 Å². The molecule has 3 N–H and O–H groups in total. The zero-order valence-electron chi connectivity index (χ0n) is 15.3. The maximum Gasteiger partial charge on any atom is 0.305 e. The number of hydrogen-bond acceptors (Lipinski definition) is 3. The standard InChI is InChI=1S/C20H17F2N3O4/c1-11-2-4-12(5-3-11)15(10-19(27)28)23-20(29)16-9-18(26)25(24-16)17-7-6-13(21)8-14(17)22/h2-9,15,24H,10H2,1H3,(H,23,29)(H,27,28). The quantitative estimate of drug-likeness (QED) is 0.591. The van der Waals surface area contributed by atoms with Crippen LogP contribution in [0.1, 0.15) is 34.1 Å². The van der Waals surface area contributed by atoms with Crippen LogP contribution in [0.3, 0.4) is 0 Å². The number of H-pyrrole nitrogens is 1. The summed E-state index contributed by atoms with van der Waals surface area (Å²) in [7, 11) is 0. The van der Waals surface area contributed by atoms with Crippen molar-refractivity contribution in [1.29, 1.82) is 0 Å². The molecule has 150 valence electrons. The molecule has 2 aromatic carbocycles. The Balaban J connectivity index is 1.88. The number of nitrogens with zero attached hydrogens (tertiary/aromatic N) is 1. The summed E-state index contributed by atoms with van der Waals surface area (Å²) in [5.41, 5.74) is 0.373. The first-order valence-corrected chi connectivity index (χ1v) is 8.61. The van der Waals surface area contributed by atoms with E-state index in [1.54, 1.807) is 24.3 Å². The van der Waals surface area contributed by atoms with E-state index in [-0.39, 0.29) is 17.8 Å². The highest BCUT2D eigenvalue weighted by Gasteiger charge is 2.21. The monoisotopic (exact) mass is 401 g/mol. The van der Waals surface area contributed by atoms with Gasteiger partial charge in [-0.1, -0.05) is 29.8 Å². The topological polar surface area (TPSA) is 104 Å². The van der Waals surface area contributed by atoms with Crippen molar-refractivity contribution in [3.8, 4) is 5.69 Å². The van der Waals surface area contributed by atoms with Gasteiger partial charge in [0.05, 0.1) is 12.5 Å². The minimum absolute atomic E-state index is 0.193. The molecular formula is C20H17F2N3O4. The SMILES string of the molecule is Cc1ccc(C(CC(=O)O)NC(=O)c2cc(=O)n(-c3ccc(F)cc3F)[nH]2)cc1. The molecule has 1 amide bonds. The zero-order valence-corrected chi connectivity index (χ0v) is 15.3. The number of aromatic amines is 1. The predicted molar refractivity (Wildman–Crippen MR) is 99.9 cm³/mol. The summed E-state index contributed by atoms with van der Waals surface area (Å²) in [6.45, 7) is 1.87. The average Bonchev–Trinajstić information content (AvgIpc) is 3.03. The molecule has 0 spiro atoms. The second-order valence-electron chi connectivity index (χ2n) is 6.47. The van der Waals surface area contributed by atoms with Crippen LogP contribution in [0.5, 0.6) is 0 Å². The molecule has 3 aromatic rings. The lowest BCUT2D eigenvalue weighted by Crippen LogP contribution is -2.30. The molecule has 3 rings (SSSR count). The molecule has 1 atom stereocenters. The van der Waals surface area contributed by atoms with Crippen molar-refractivity contribution in [2.24, 2.45) is 0 Å². The van der Waals surface area contributed by atoms with Crippen molar-refractivity contribution in [1.82, 2.24) is 15.1 Å². The molecule has 0 bridgehead atoms. The fourth-order valence-electron chi connectivity index (χ4n) is 2.82. The Hall–Kier alpha value is -3.75. The van der Waals surface area contributed by atoms with Gasteiger partial charge in [-0.15, -0.1) is 0 Å². The number of nitrogens with one attached hydrogen (secondary N) is 2. The molecule has 0 saturated carbocycles. The summed E-state index contributed by atoms with van der Waals surface area (Å²) < 4.78 is 27.8. The number of aryl methyl sites for hydroxylation is 1. The van der Waals surface area contributed by atoms with Crippen LogP contribution in [0.25, 0.3) is 5.69 Å². The Morgan fingerprint density at radius 3 is 2.45 bits per heavy atom. The largest absolute Gasteiger partial charge is 0.481 e. The van der Waals surface area contributed by atoms with Gasteiger partial charge in [-0.25, -0.2) is 13.5 Å². The first-order chi connectivity index (χ1) is 13.7. The number of benzene rings is 2. The molecule has 9 heteroatoms. The Labute approximate surface area is 163 Å². The van der Waals surface area contributed by atoms with E-state index in [4.69, 9.17) is 5.11 Å². The van der Waals surface area contributed by atoms with Crippen molar-refractivity contribution in [2.45, 2.75) is 19.4 Å². The zero-order chi connectivity index (χ0) is 21.1. The summed E-state index contributed by atoms with van der Waals surface area (Å²) in [5, 5.41) is 14.2. The lowest BCUT2D eigenvalue weighted by atomic mass is 10.0. The van der Waals surface area contributed by atoms with Crippen LogP contribution < -0.4 is 10.9 Å². The molecule has 0 saturated heterocycles. The highest BCUT2D eigenvalue weighted by Crippen LogP contribution is 2.18. The highest BCUT2D eigenvalue weighted by atomic mass is 19.1. The Kier molecular flexibility index (Phi) is 5.58. The number of carbonyl (C=O) groups is 2. The minimum Gasteiger partial charge on any atom is -0.481 e. The number of carbonyl (C=O) groups excluding carboxylic acids is 1. The number of rotatable bonds is 6. The van der Waals surface area contributed by atoms with Gasteiger partial charge in [0, 0.05) is 12.1 Å². The maximum atomic E-state index is 13.9. The minimum atomic E-state index is -1.12. The van der Waals surface area contributed by atoms with Crippen LogP contribution in [-0.2, 0) is 4.79 Å². The van der Waals surface area contributed by atoms with E-state index in [0.717, 1.165) is 28.4 Å². The van der Waals surface area contributed by atoms with Gasteiger partial charge in [0.15, 0.2) is 5.82 Å². The van der Waals surface area contributed by atoms with Gasteiger partial charge in [0.1, 0.15) is 17.2 Å². The van der Waals surface area contributed by atoms with E-state index in [9.17, 15) is 23.2 Å². The number of hydrogen-bond donors (Lipinski definition) is 3. The van der Waals surface area contributed by atoms with E-state index in [1.807, 2.05) is 6.92 Å². The second-order valence-corrected chi connectivity index (χ2v) is 6.47. The van der Waals surface area contributed by atoms with E-state index in [1.165, 1.54) is 0 Å². The van der Waals surface area contributed by atoms with Crippen LogP contribution in [0.15, 0.2) is 53.3 Å². The molecule has 1 unspecified atom stereocenters. The lowest BCUT2D eigenvalue weighted by molar-refractivity contribution is -0.137. The van der Waals surface area contributed by atoms with Gasteiger partial charge in [-0.05, 0) is 24.6 Å². The van der Waals surface area contributed by atoms with E-state index in [0.29, 0.717) is 11.6 Å². The molecule has 29 heavy (non-hydrogen) atoms. The number of carboxylic acids is 1. The van der Waals surface area contributed by atoms with Gasteiger partial charge < -0.3 is 10.4 Å². The third kappa shape index (κ3) is 4.57. The van der Waals surface area contributed by atoms with Crippen LogP contribution in [0.2, 0.25) is 0 Å². The molecule has 0 radical (unpaired) electrons. The Morgan fingerprint density at radius 1 is 1.14 bits per heavy atom. The number of aromatic nitrogens is 2. The predicted octanol–water partition coefficient (Wildman–Crippen LogP) is 2.70. The van der Waals surface area contributed by atoms with Crippen molar-refractivity contribution in [2.75, 3.05) is 0 Å². The van der Waals surface area contributed by atoms with E-state index < -0.39 is 35.1 Å². The van der Waals surface area contributed by atoms with Crippen molar-refractivity contribution < 1.29 is 23.5 Å². The summed E-state index contributed by atoms with van der Waals surface area (Å²) >= 11 is 0. The van der Waals surface area contributed by atoms with Gasteiger partial charge in [-0.2, -0.15) is 0 Å². The molecule has 0 fully saturated rings. The van der Waals surface area contributed by atoms with Crippen molar-refractivity contribution in [3.63, 3.8) is 0 Å². The lowest BCUT2D eigenvalue weighted by Gasteiger charge is -2.17. The summed E-state index contributed by atoms with van der Waals surface area (Å²) in [4.78, 5) is 35.9. The fraction of sp³-hybridized carbons (Fsp3) is 0.150. The first kappa shape index (κ1) is 20.0. The normalized spacial score (nSPS) is 11.8. The van der Waals surface area contributed by atoms with Gasteiger partial charge >= 0.3 is 5.97 Å². The van der Waals surface area contributed by atoms with Gasteiger partial charge in [0.2, 0.25) is 0 Å². The van der Waals surface area contributed by atoms with Crippen molar-refractivity contribution >= 4 is 11.9 Å². The van der Waals surface area contributed by atoms with E-state index >= 15 is 0 Å². The number of halogens is 2. The summed E-state index contributed by atoms with van der Waals surface area (Å²) in [6, 6.07) is 9.73. The van der Waals surface area contributed by atoms with Crippen molar-refractivity contribution in [3.05, 3.63) is 87.3 Å². The number of carboxylic acid groups (broad SMARTS) is 1. The number of amides is 1. The molecule has 0 aliphatic carbocycles. The average molecular weight is 401 g/mol. The summed E-state index contributed by atoms with van der Waals surface area (Å²) in [5.74, 6) is -3.65. The fourth-order valence-corrected chi connectivity index (χ4v) is 2.82. The van der Waals surface area contributed by atoms with Crippen LogP contribution in [0.4, 0.5) is 8.78 Å². The second kappa shape index (κ2) is 8.09. The first-order valence-electron chi connectivity index (χ1n) is 8.61. The smallest absolute Gasteiger partial charge is 0.305 e. The van der Waals surface area contributed by atoms with Gasteiger partial charge in [0.25, 0.3) is 11.5 Å². The molecule has 0 aliphatic heterocycles. The molecule has 7 nitrogen and oxygen atoms in total. The maximum absolute atomic E-state index is 13.9.